The Morgan fingerprint density at radius 3 is 2.88 bits per heavy atom. The number of nitro groups is 1. The van der Waals surface area contributed by atoms with Crippen molar-refractivity contribution in [2.75, 3.05) is 6.54 Å². The van der Waals surface area contributed by atoms with Crippen molar-refractivity contribution in [3.8, 4) is 0 Å². The number of nitro benzene ring substituents is 1. The SMILES string of the molecule is CC(O)CCNCc1c(Cl)cccc1[N+](=O)[O-]. The second-order valence-electron chi connectivity index (χ2n) is 3.81. The minimum absolute atomic E-state index is 0.0158. The highest BCUT2D eigenvalue weighted by Gasteiger charge is 2.15. The number of aliphatic hydroxyl groups excluding tert-OH is 1. The minimum Gasteiger partial charge on any atom is -0.393 e. The highest BCUT2D eigenvalue weighted by molar-refractivity contribution is 6.31. The Labute approximate surface area is 105 Å². The highest BCUT2D eigenvalue weighted by Crippen LogP contribution is 2.25. The third kappa shape index (κ3) is 4.30. The van der Waals surface area contributed by atoms with Crippen LogP contribution in [0.25, 0.3) is 0 Å². The normalized spacial score (nSPS) is 12.4. The van der Waals surface area contributed by atoms with Crippen molar-refractivity contribution >= 4 is 17.3 Å². The second-order valence-corrected chi connectivity index (χ2v) is 4.22. The van der Waals surface area contributed by atoms with Gasteiger partial charge >= 0.3 is 0 Å². The molecule has 2 N–H and O–H groups in total. The van der Waals surface area contributed by atoms with Crippen molar-refractivity contribution in [1.82, 2.24) is 5.32 Å². The van der Waals surface area contributed by atoms with Crippen molar-refractivity contribution in [2.45, 2.75) is 26.0 Å². The first-order valence-corrected chi connectivity index (χ1v) is 5.70. The summed E-state index contributed by atoms with van der Waals surface area (Å²) in [5.41, 5.74) is 0.492. The van der Waals surface area contributed by atoms with Gasteiger partial charge in [0, 0.05) is 12.6 Å². The van der Waals surface area contributed by atoms with Gasteiger partial charge in [0.2, 0.25) is 0 Å². The average Bonchev–Trinajstić information content (AvgIpc) is 2.25. The summed E-state index contributed by atoms with van der Waals surface area (Å²) in [6.45, 7) is 2.60. The molecule has 1 aromatic carbocycles. The highest BCUT2D eigenvalue weighted by atomic mass is 35.5. The van der Waals surface area contributed by atoms with Crippen LogP contribution in [0.2, 0.25) is 5.02 Å². The maximum absolute atomic E-state index is 10.8. The Kier molecular flexibility index (Phi) is 5.34. The van der Waals surface area contributed by atoms with Gasteiger partial charge < -0.3 is 10.4 Å². The molecular formula is C11H15ClN2O3. The van der Waals surface area contributed by atoms with E-state index in [1.807, 2.05) is 0 Å². The van der Waals surface area contributed by atoms with Crippen LogP contribution in [0.5, 0.6) is 0 Å². The second kappa shape index (κ2) is 6.54. The molecule has 0 saturated heterocycles. The van der Waals surface area contributed by atoms with Crippen molar-refractivity contribution in [3.63, 3.8) is 0 Å². The van der Waals surface area contributed by atoms with Crippen molar-refractivity contribution in [3.05, 3.63) is 38.9 Å². The quantitative estimate of drug-likeness (QED) is 0.466. The van der Waals surface area contributed by atoms with E-state index in [1.165, 1.54) is 6.07 Å². The lowest BCUT2D eigenvalue weighted by molar-refractivity contribution is -0.385. The van der Waals surface area contributed by atoms with Crippen LogP contribution in [0, 0.1) is 10.1 Å². The summed E-state index contributed by atoms with van der Waals surface area (Å²) in [6, 6.07) is 4.61. The number of nitrogens with zero attached hydrogens (tertiary/aromatic N) is 1. The van der Waals surface area contributed by atoms with Gasteiger partial charge in [-0.3, -0.25) is 10.1 Å². The molecule has 0 aliphatic rings. The van der Waals surface area contributed by atoms with Gasteiger partial charge in [0.15, 0.2) is 0 Å². The fraction of sp³-hybridized carbons (Fsp3) is 0.455. The molecule has 0 aliphatic carbocycles. The number of halogens is 1. The van der Waals surface area contributed by atoms with E-state index in [1.54, 1.807) is 19.1 Å². The van der Waals surface area contributed by atoms with Crippen LogP contribution < -0.4 is 5.32 Å². The molecule has 0 heterocycles. The molecule has 0 fully saturated rings. The number of rotatable bonds is 6. The predicted molar refractivity (Wildman–Crippen MR) is 66.1 cm³/mol. The van der Waals surface area contributed by atoms with Crippen LogP contribution in [0.4, 0.5) is 5.69 Å². The van der Waals surface area contributed by atoms with E-state index in [0.29, 0.717) is 30.1 Å². The maximum atomic E-state index is 10.8. The van der Waals surface area contributed by atoms with Crippen molar-refractivity contribution in [1.29, 1.82) is 0 Å². The third-order valence-electron chi connectivity index (χ3n) is 2.33. The first kappa shape index (κ1) is 13.9. The Morgan fingerprint density at radius 1 is 1.59 bits per heavy atom. The maximum Gasteiger partial charge on any atom is 0.275 e. The molecule has 0 radical (unpaired) electrons. The molecule has 1 aromatic rings. The molecule has 1 rings (SSSR count). The zero-order valence-electron chi connectivity index (χ0n) is 9.52. The van der Waals surface area contributed by atoms with Crippen LogP contribution in [0.15, 0.2) is 18.2 Å². The predicted octanol–water partition coefficient (Wildman–Crippen LogP) is 2.11. The lowest BCUT2D eigenvalue weighted by atomic mass is 10.1. The van der Waals surface area contributed by atoms with E-state index in [-0.39, 0.29) is 11.8 Å². The first-order chi connectivity index (χ1) is 8.02. The van der Waals surface area contributed by atoms with Gasteiger partial charge in [0.05, 0.1) is 21.6 Å². The van der Waals surface area contributed by atoms with Gasteiger partial charge in [-0.05, 0) is 26.0 Å². The molecule has 1 unspecified atom stereocenters. The van der Waals surface area contributed by atoms with E-state index in [0.717, 1.165) is 0 Å². The van der Waals surface area contributed by atoms with E-state index in [2.05, 4.69) is 5.32 Å². The largest absolute Gasteiger partial charge is 0.393 e. The fourth-order valence-electron chi connectivity index (χ4n) is 1.42. The summed E-state index contributed by atoms with van der Waals surface area (Å²) in [7, 11) is 0. The topological polar surface area (TPSA) is 75.4 Å². The Bertz CT molecular complexity index is 396. The number of hydrogen-bond donors (Lipinski definition) is 2. The first-order valence-electron chi connectivity index (χ1n) is 5.33. The van der Waals surface area contributed by atoms with Crippen molar-refractivity contribution < 1.29 is 10.0 Å². The Morgan fingerprint density at radius 2 is 2.29 bits per heavy atom. The zero-order valence-corrected chi connectivity index (χ0v) is 10.3. The van der Waals surface area contributed by atoms with Gasteiger partial charge in [0.1, 0.15) is 0 Å². The molecule has 0 bridgehead atoms. The smallest absolute Gasteiger partial charge is 0.275 e. The van der Waals surface area contributed by atoms with Crippen LogP contribution in [0.3, 0.4) is 0 Å². The summed E-state index contributed by atoms with van der Waals surface area (Å²) in [6.07, 6.45) is 0.210. The molecule has 17 heavy (non-hydrogen) atoms. The number of benzene rings is 1. The van der Waals surface area contributed by atoms with Crippen molar-refractivity contribution in [2.24, 2.45) is 0 Å². The van der Waals surface area contributed by atoms with Crippen LogP contribution in [0.1, 0.15) is 18.9 Å². The average molecular weight is 259 g/mol. The minimum atomic E-state index is -0.447. The molecule has 0 amide bonds. The molecule has 0 saturated carbocycles. The monoisotopic (exact) mass is 258 g/mol. The van der Waals surface area contributed by atoms with Crippen LogP contribution in [-0.4, -0.2) is 22.7 Å². The van der Waals surface area contributed by atoms with Gasteiger partial charge in [-0.25, -0.2) is 0 Å². The van der Waals surface area contributed by atoms with E-state index < -0.39 is 4.92 Å². The van der Waals surface area contributed by atoms with Gasteiger partial charge in [-0.2, -0.15) is 0 Å². The zero-order chi connectivity index (χ0) is 12.8. The summed E-state index contributed by atoms with van der Waals surface area (Å²) in [4.78, 5) is 10.3. The van der Waals surface area contributed by atoms with Gasteiger partial charge in [-0.1, -0.05) is 17.7 Å². The summed E-state index contributed by atoms with van der Waals surface area (Å²) in [5.74, 6) is 0. The summed E-state index contributed by atoms with van der Waals surface area (Å²) in [5, 5.41) is 23.3. The van der Waals surface area contributed by atoms with E-state index >= 15 is 0 Å². The fourth-order valence-corrected chi connectivity index (χ4v) is 1.65. The number of nitrogens with one attached hydrogen (secondary N) is 1. The number of aliphatic hydroxyl groups is 1. The lowest BCUT2D eigenvalue weighted by Crippen LogP contribution is -2.19. The molecule has 0 aromatic heterocycles. The summed E-state index contributed by atoms with van der Waals surface area (Å²) >= 11 is 5.92. The molecule has 6 heteroatoms. The standard InChI is InChI=1S/C11H15ClN2O3/c1-8(15)5-6-13-7-9-10(12)3-2-4-11(9)14(16)17/h2-4,8,13,15H,5-7H2,1H3. The lowest BCUT2D eigenvalue weighted by Gasteiger charge is -2.08. The number of hydrogen-bond acceptors (Lipinski definition) is 4. The molecule has 1 atom stereocenters. The molecular weight excluding hydrogens is 244 g/mol. The Hall–Kier alpha value is -1.17. The summed E-state index contributed by atoms with van der Waals surface area (Å²) < 4.78 is 0. The van der Waals surface area contributed by atoms with E-state index in [9.17, 15) is 10.1 Å². The van der Waals surface area contributed by atoms with Crippen LogP contribution >= 0.6 is 11.6 Å². The van der Waals surface area contributed by atoms with Gasteiger partial charge in [-0.15, -0.1) is 0 Å². The van der Waals surface area contributed by atoms with Crippen LogP contribution in [-0.2, 0) is 6.54 Å². The third-order valence-corrected chi connectivity index (χ3v) is 2.69. The molecule has 0 aliphatic heterocycles. The van der Waals surface area contributed by atoms with E-state index in [4.69, 9.17) is 16.7 Å². The molecule has 5 nitrogen and oxygen atoms in total. The molecule has 94 valence electrons. The Balaban J connectivity index is 2.66. The molecule has 0 spiro atoms. The van der Waals surface area contributed by atoms with Gasteiger partial charge in [0.25, 0.3) is 5.69 Å².